The second-order valence-electron chi connectivity index (χ2n) is 8.61. The molecule has 5 rings (SSSR count). The van der Waals surface area contributed by atoms with E-state index in [1.807, 2.05) is 54.6 Å². The highest BCUT2D eigenvalue weighted by atomic mass is 19.1. The first kappa shape index (κ1) is 21.3. The van der Waals surface area contributed by atoms with Gasteiger partial charge in [0.2, 0.25) is 5.91 Å². The van der Waals surface area contributed by atoms with Crippen LogP contribution in [0.1, 0.15) is 24.2 Å². The minimum absolute atomic E-state index is 0.0360. The molecule has 1 amide bonds. The Labute approximate surface area is 192 Å². The number of benzene rings is 3. The lowest BCUT2D eigenvalue weighted by molar-refractivity contribution is -0.127. The van der Waals surface area contributed by atoms with Crippen molar-refractivity contribution in [1.29, 1.82) is 0 Å². The lowest BCUT2D eigenvalue weighted by atomic mass is 9.97. The molecular formula is C27H27FN4O. The molecule has 0 saturated carbocycles. The molecule has 1 fully saturated rings. The standard InChI is InChI=1S/C27H27FN4O/c28-22-12-14-23(15-13-22)32-25-11-5-4-10-24(25)30-26(32)19-31-16-6-9-21(18-31)27(33)29-17-20-7-2-1-3-8-20/h1-5,7-8,10-15,21H,6,9,16-19H2,(H,29,33)/t21-/m1/s1. The molecule has 1 aliphatic rings. The van der Waals surface area contributed by atoms with E-state index in [0.717, 1.165) is 47.5 Å². The van der Waals surface area contributed by atoms with Crippen molar-refractivity contribution in [3.8, 4) is 5.69 Å². The van der Waals surface area contributed by atoms with Gasteiger partial charge in [-0.05, 0) is 61.3 Å². The third kappa shape index (κ3) is 4.81. The Morgan fingerprint density at radius 1 is 1.00 bits per heavy atom. The van der Waals surface area contributed by atoms with E-state index in [1.54, 1.807) is 12.1 Å². The van der Waals surface area contributed by atoms with Gasteiger partial charge >= 0.3 is 0 Å². The summed E-state index contributed by atoms with van der Waals surface area (Å²) >= 11 is 0. The summed E-state index contributed by atoms with van der Waals surface area (Å²) in [6.07, 6.45) is 1.87. The maximum atomic E-state index is 13.5. The molecule has 5 nitrogen and oxygen atoms in total. The molecule has 1 N–H and O–H groups in total. The van der Waals surface area contributed by atoms with Gasteiger partial charge in [0.05, 0.1) is 23.5 Å². The number of nitrogens with zero attached hydrogens (tertiary/aromatic N) is 3. The van der Waals surface area contributed by atoms with Crippen LogP contribution < -0.4 is 5.32 Å². The summed E-state index contributed by atoms with van der Waals surface area (Å²) in [6, 6.07) is 24.5. The molecular weight excluding hydrogens is 415 g/mol. The molecule has 4 aromatic rings. The molecule has 168 valence electrons. The van der Waals surface area contributed by atoms with E-state index in [9.17, 15) is 9.18 Å². The van der Waals surface area contributed by atoms with Crippen molar-refractivity contribution >= 4 is 16.9 Å². The van der Waals surface area contributed by atoms with Crippen LogP contribution in [0.2, 0.25) is 0 Å². The van der Waals surface area contributed by atoms with Gasteiger partial charge in [-0.1, -0.05) is 42.5 Å². The number of piperidine rings is 1. The maximum absolute atomic E-state index is 13.5. The van der Waals surface area contributed by atoms with Gasteiger partial charge in [-0.3, -0.25) is 14.3 Å². The summed E-state index contributed by atoms with van der Waals surface area (Å²) in [4.78, 5) is 20.0. The van der Waals surface area contributed by atoms with Crippen LogP contribution in [0.5, 0.6) is 0 Å². The number of nitrogens with one attached hydrogen (secondary N) is 1. The summed E-state index contributed by atoms with van der Waals surface area (Å²) in [5.74, 6) is 0.708. The predicted molar refractivity (Wildman–Crippen MR) is 127 cm³/mol. The van der Waals surface area contributed by atoms with Crippen molar-refractivity contribution in [2.45, 2.75) is 25.9 Å². The van der Waals surface area contributed by atoms with E-state index in [1.165, 1.54) is 12.1 Å². The zero-order valence-electron chi connectivity index (χ0n) is 18.5. The van der Waals surface area contributed by atoms with Crippen LogP contribution in [-0.4, -0.2) is 33.4 Å². The Morgan fingerprint density at radius 2 is 1.76 bits per heavy atom. The number of hydrogen-bond donors (Lipinski definition) is 1. The highest BCUT2D eigenvalue weighted by molar-refractivity contribution is 5.79. The smallest absolute Gasteiger partial charge is 0.224 e. The number of carbonyl (C=O) groups is 1. The number of aromatic nitrogens is 2. The molecule has 3 aromatic carbocycles. The topological polar surface area (TPSA) is 50.2 Å². The van der Waals surface area contributed by atoms with Gasteiger partial charge in [-0.25, -0.2) is 9.37 Å². The second kappa shape index (κ2) is 9.55. The van der Waals surface area contributed by atoms with Gasteiger partial charge in [0.1, 0.15) is 11.6 Å². The number of halogens is 1. The summed E-state index contributed by atoms with van der Waals surface area (Å²) in [5, 5.41) is 3.10. The molecule has 6 heteroatoms. The minimum atomic E-state index is -0.259. The molecule has 0 bridgehead atoms. The monoisotopic (exact) mass is 442 g/mol. The van der Waals surface area contributed by atoms with Gasteiger partial charge in [0, 0.05) is 18.8 Å². The van der Waals surface area contributed by atoms with Crippen molar-refractivity contribution in [2.75, 3.05) is 13.1 Å². The number of amides is 1. The van der Waals surface area contributed by atoms with Crippen LogP contribution in [0.4, 0.5) is 4.39 Å². The highest BCUT2D eigenvalue weighted by Gasteiger charge is 2.27. The van der Waals surface area contributed by atoms with Crippen LogP contribution in [0.15, 0.2) is 78.9 Å². The molecule has 0 aliphatic carbocycles. The average molecular weight is 443 g/mol. The van der Waals surface area contributed by atoms with Gasteiger partial charge in [0.25, 0.3) is 0 Å². The van der Waals surface area contributed by atoms with E-state index < -0.39 is 0 Å². The molecule has 1 atom stereocenters. The number of fused-ring (bicyclic) bond motifs is 1. The summed E-state index contributed by atoms with van der Waals surface area (Å²) in [5.41, 5.74) is 3.89. The maximum Gasteiger partial charge on any atom is 0.224 e. The number of imidazole rings is 1. The summed E-state index contributed by atoms with van der Waals surface area (Å²) in [6.45, 7) is 2.81. The molecule has 1 aromatic heterocycles. The average Bonchev–Trinajstić information content (AvgIpc) is 3.21. The highest BCUT2D eigenvalue weighted by Crippen LogP contribution is 2.25. The Hall–Kier alpha value is -3.51. The van der Waals surface area contributed by atoms with E-state index >= 15 is 0 Å². The van der Waals surface area contributed by atoms with Gasteiger partial charge in [0.15, 0.2) is 0 Å². The van der Waals surface area contributed by atoms with E-state index in [0.29, 0.717) is 19.6 Å². The molecule has 0 unspecified atom stereocenters. The van der Waals surface area contributed by atoms with Crippen molar-refractivity contribution in [3.63, 3.8) is 0 Å². The molecule has 0 spiro atoms. The summed E-state index contributed by atoms with van der Waals surface area (Å²) in [7, 11) is 0. The molecule has 33 heavy (non-hydrogen) atoms. The third-order valence-corrected chi connectivity index (χ3v) is 6.27. The first-order valence-corrected chi connectivity index (χ1v) is 11.4. The Morgan fingerprint density at radius 3 is 2.58 bits per heavy atom. The lowest BCUT2D eigenvalue weighted by Crippen LogP contribution is -2.42. The van der Waals surface area contributed by atoms with Crippen LogP contribution in [0.3, 0.4) is 0 Å². The largest absolute Gasteiger partial charge is 0.352 e. The first-order valence-electron chi connectivity index (χ1n) is 11.4. The van der Waals surface area contributed by atoms with Crippen molar-refractivity contribution in [3.05, 3.63) is 96.1 Å². The Bertz CT molecular complexity index is 1240. The van der Waals surface area contributed by atoms with E-state index in [4.69, 9.17) is 4.98 Å². The Balaban J connectivity index is 1.32. The van der Waals surface area contributed by atoms with Crippen LogP contribution in [0, 0.1) is 11.7 Å². The first-order chi connectivity index (χ1) is 16.2. The van der Waals surface area contributed by atoms with Crippen LogP contribution >= 0.6 is 0 Å². The number of para-hydroxylation sites is 2. The zero-order chi connectivity index (χ0) is 22.6. The fourth-order valence-electron chi connectivity index (χ4n) is 4.60. The van der Waals surface area contributed by atoms with Crippen LogP contribution in [0.25, 0.3) is 16.7 Å². The molecule has 1 saturated heterocycles. The second-order valence-corrected chi connectivity index (χ2v) is 8.61. The number of hydrogen-bond acceptors (Lipinski definition) is 3. The van der Waals surface area contributed by atoms with Gasteiger partial charge < -0.3 is 5.32 Å². The van der Waals surface area contributed by atoms with E-state index in [2.05, 4.69) is 14.8 Å². The fourth-order valence-corrected chi connectivity index (χ4v) is 4.60. The SMILES string of the molecule is O=C(NCc1ccccc1)[C@@H]1CCCN(Cc2nc3ccccc3n2-c2ccc(F)cc2)C1. The third-order valence-electron chi connectivity index (χ3n) is 6.27. The van der Waals surface area contributed by atoms with Crippen molar-refractivity contribution in [2.24, 2.45) is 5.92 Å². The quantitative estimate of drug-likeness (QED) is 0.471. The van der Waals surface area contributed by atoms with Gasteiger partial charge in [-0.2, -0.15) is 0 Å². The number of likely N-dealkylation sites (tertiary alicyclic amines) is 1. The van der Waals surface area contributed by atoms with Gasteiger partial charge in [-0.15, -0.1) is 0 Å². The van der Waals surface area contributed by atoms with E-state index in [-0.39, 0.29) is 17.6 Å². The predicted octanol–water partition coefficient (Wildman–Crippen LogP) is 4.69. The number of carbonyl (C=O) groups excluding carboxylic acids is 1. The zero-order valence-corrected chi connectivity index (χ0v) is 18.5. The van der Waals surface area contributed by atoms with Crippen LogP contribution in [-0.2, 0) is 17.9 Å². The fraction of sp³-hybridized carbons (Fsp3) is 0.259. The van der Waals surface area contributed by atoms with Crippen molar-refractivity contribution in [1.82, 2.24) is 19.8 Å². The number of rotatable bonds is 6. The normalized spacial score (nSPS) is 16.7. The minimum Gasteiger partial charge on any atom is -0.352 e. The molecule has 0 radical (unpaired) electrons. The lowest BCUT2D eigenvalue weighted by Gasteiger charge is -2.31. The molecule has 2 heterocycles. The summed E-state index contributed by atoms with van der Waals surface area (Å²) < 4.78 is 15.6. The van der Waals surface area contributed by atoms with Crippen molar-refractivity contribution < 1.29 is 9.18 Å². The Kier molecular flexibility index (Phi) is 6.17. The molecule has 1 aliphatic heterocycles.